The summed E-state index contributed by atoms with van der Waals surface area (Å²) in [6, 6.07) is 15.3. The normalized spacial score (nSPS) is 16.9. The first-order valence-corrected chi connectivity index (χ1v) is 10.5. The van der Waals surface area contributed by atoms with Crippen molar-refractivity contribution in [2.75, 3.05) is 6.61 Å². The van der Waals surface area contributed by atoms with Gasteiger partial charge in [-0.15, -0.1) is 0 Å². The predicted molar refractivity (Wildman–Crippen MR) is 115 cm³/mol. The molecule has 0 aliphatic heterocycles. The smallest absolute Gasteiger partial charge is 0.407 e. The van der Waals surface area contributed by atoms with E-state index in [-0.39, 0.29) is 18.9 Å². The summed E-state index contributed by atoms with van der Waals surface area (Å²) in [4.78, 5) is 35.8. The van der Waals surface area contributed by atoms with E-state index in [1.165, 1.54) is 6.92 Å². The summed E-state index contributed by atoms with van der Waals surface area (Å²) in [6.07, 6.45) is 1.69. The molecule has 0 heterocycles. The molecule has 0 spiro atoms. The van der Waals surface area contributed by atoms with Crippen molar-refractivity contribution < 1.29 is 24.2 Å². The summed E-state index contributed by atoms with van der Waals surface area (Å²) in [7, 11) is 0. The maximum Gasteiger partial charge on any atom is 0.407 e. The maximum absolute atomic E-state index is 12.6. The summed E-state index contributed by atoms with van der Waals surface area (Å²) in [5.41, 5.74) is 3.91. The largest absolute Gasteiger partial charge is 0.480 e. The van der Waals surface area contributed by atoms with Crippen molar-refractivity contribution in [1.29, 1.82) is 0 Å². The monoisotopic (exact) mass is 422 g/mol. The van der Waals surface area contributed by atoms with Gasteiger partial charge < -0.3 is 20.5 Å². The highest BCUT2D eigenvalue weighted by molar-refractivity contribution is 5.84. The fourth-order valence-corrected chi connectivity index (χ4v) is 4.46. The molecule has 7 nitrogen and oxygen atoms in total. The number of fused-ring (bicyclic) bond motifs is 3. The molecule has 2 aromatic rings. The number of aliphatic carboxylic acids is 1. The number of hydrogen-bond donors (Lipinski definition) is 3. The highest BCUT2D eigenvalue weighted by Crippen LogP contribution is 2.44. The fourth-order valence-electron chi connectivity index (χ4n) is 4.46. The van der Waals surface area contributed by atoms with Crippen LogP contribution in [-0.4, -0.2) is 41.3 Å². The standard InChI is InChI=1S/C24H26N2O5/c1-15(22(28)29)25-21(27)13-24(11-6-12-24)26-23(30)31-14-20-18-9-4-2-7-16(18)17-8-3-5-10-19(17)20/h2-5,7-10,15,20H,6,11-14H2,1H3,(H,25,27)(H,26,30)(H,28,29)/t15-/m1/s1. The van der Waals surface area contributed by atoms with Gasteiger partial charge in [0.2, 0.25) is 5.91 Å². The van der Waals surface area contributed by atoms with Crippen LogP contribution < -0.4 is 10.6 Å². The molecule has 2 aromatic carbocycles. The summed E-state index contributed by atoms with van der Waals surface area (Å²) in [5, 5.41) is 14.3. The molecule has 0 bridgehead atoms. The van der Waals surface area contributed by atoms with E-state index >= 15 is 0 Å². The van der Waals surface area contributed by atoms with Crippen LogP contribution in [0, 0.1) is 0 Å². The average molecular weight is 422 g/mol. The molecule has 2 aliphatic rings. The molecule has 2 amide bonds. The molecular weight excluding hydrogens is 396 g/mol. The van der Waals surface area contributed by atoms with Gasteiger partial charge in [0.15, 0.2) is 0 Å². The Morgan fingerprint density at radius 2 is 1.65 bits per heavy atom. The van der Waals surface area contributed by atoms with E-state index in [4.69, 9.17) is 9.84 Å². The maximum atomic E-state index is 12.6. The number of ether oxygens (including phenoxy) is 1. The quantitative estimate of drug-likeness (QED) is 0.634. The molecular formula is C24H26N2O5. The molecule has 3 N–H and O–H groups in total. The Kier molecular flexibility index (Phi) is 5.67. The van der Waals surface area contributed by atoms with Crippen molar-refractivity contribution in [3.05, 3.63) is 59.7 Å². The number of nitrogens with one attached hydrogen (secondary N) is 2. The number of benzene rings is 2. The molecule has 0 aromatic heterocycles. The van der Waals surface area contributed by atoms with Gasteiger partial charge in [-0.25, -0.2) is 4.79 Å². The number of rotatable bonds is 7. The Bertz CT molecular complexity index is 969. The second-order valence-electron chi connectivity index (χ2n) is 8.39. The number of carbonyl (C=O) groups excluding carboxylic acids is 2. The van der Waals surface area contributed by atoms with Crippen molar-refractivity contribution in [3.8, 4) is 11.1 Å². The first-order chi connectivity index (χ1) is 14.9. The van der Waals surface area contributed by atoms with E-state index < -0.39 is 29.6 Å². The summed E-state index contributed by atoms with van der Waals surface area (Å²) in [5.74, 6) is -1.52. The van der Waals surface area contributed by atoms with Crippen LogP contribution in [0.1, 0.15) is 49.7 Å². The summed E-state index contributed by atoms with van der Waals surface area (Å²) >= 11 is 0. The number of carbonyl (C=O) groups is 3. The van der Waals surface area contributed by atoms with Crippen LogP contribution in [0.25, 0.3) is 11.1 Å². The molecule has 31 heavy (non-hydrogen) atoms. The Labute approximate surface area is 180 Å². The van der Waals surface area contributed by atoms with Gasteiger partial charge in [-0.05, 0) is 48.4 Å². The molecule has 1 saturated carbocycles. The summed E-state index contributed by atoms with van der Waals surface area (Å²) in [6.45, 7) is 1.62. The predicted octanol–water partition coefficient (Wildman–Crippen LogP) is 3.43. The molecule has 162 valence electrons. The lowest BCUT2D eigenvalue weighted by atomic mass is 9.74. The van der Waals surface area contributed by atoms with Gasteiger partial charge in [-0.3, -0.25) is 9.59 Å². The SMILES string of the molecule is C[C@@H](NC(=O)CC1(NC(=O)OCC2c3ccccc3-c3ccccc32)CCC1)C(=O)O. The number of amides is 2. The van der Waals surface area contributed by atoms with Crippen LogP contribution in [0.4, 0.5) is 4.79 Å². The number of hydrogen-bond acceptors (Lipinski definition) is 4. The minimum atomic E-state index is -1.10. The minimum absolute atomic E-state index is 0.0322. The van der Waals surface area contributed by atoms with E-state index in [9.17, 15) is 14.4 Å². The van der Waals surface area contributed by atoms with Crippen molar-refractivity contribution >= 4 is 18.0 Å². The number of alkyl carbamates (subject to hydrolysis) is 1. The Morgan fingerprint density at radius 3 is 2.16 bits per heavy atom. The third-order valence-electron chi connectivity index (χ3n) is 6.27. The van der Waals surface area contributed by atoms with Crippen LogP contribution in [-0.2, 0) is 14.3 Å². The zero-order valence-corrected chi connectivity index (χ0v) is 17.4. The average Bonchev–Trinajstić information content (AvgIpc) is 3.04. The minimum Gasteiger partial charge on any atom is -0.480 e. The topological polar surface area (TPSA) is 105 Å². The third-order valence-corrected chi connectivity index (χ3v) is 6.27. The molecule has 7 heteroatoms. The zero-order valence-electron chi connectivity index (χ0n) is 17.4. The van der Waals surface area contributed by atoms with Crippen LogP contribution in [0.2, 0.25) is 0 Å². The molecule has 4 rings (SSSR count). The van der Waals surface area contributed by atoms with Gasteiger partial charge in [0.1, 0.15) is 12.6 Å². The van der Waals surface area contributed by atoms with E-state index in [1.54, 1.807) is 0 Å². The third kappa shape index (κ3) is 4.26. The van der Waals surface area contributed by atoms with E-state index in [2.05, 4.69) is 34.9 Å². The van der Waals surface area contributed by atoms with Crippen molar-refractivity contribution in [1.82, 2.24) is 10.6 Å². The molecule has 0 unspecified atom stereocenters. The van der Waals surface area contributed by atoms with Crippen molar-refractivity contribution in [3.63, 3.8) is 0 Å². The lowest BCUT2D eigenvalue weighted by Crippen LogP contribution is -2.56. The van der Waals surface area contributed by atoms with E-state index in [1.807, 2.05) is 24.3 Å². The highest BCUT2D eigenvalue weighted by atomic mass is 16.5. The first kappa shape index (κ1) is 20.9. The molecule has 2 aliphatic carbocycles. The zero-order chi connectivity index (χ0) is 22.0. The molecule has 1 fully saturated rings. The molecule has 1 atom stereocenters. The fraction of sp³-hybridized carbons (Fsp3) is 0.375. The van der Waals surface area contributed by atoms with Crippen LogP contribution in [0.15, 0.2) is 48.5 Å². The second kappa shape index (κ2) is 8.41. The van der Waals surface area contributed by atoms with Crippen LogP contribution in [0.5, 0.6) is 0 Å². The molecule has 0 saturated heterocycles. The Morgan fingerprint density at radius 1 is 1.06 bits per heavy atom. The van der Waals surface area contributed by atoms with Gasteiger partial charge in [-0.1, -0.05) is 48.5 Å². The molecule has 0 radical (unpaired) electrons. The van der Waals surface area contributed by atoms with Gasteiger partial charge >= 0.3 is 12.1 Å². The lowest BCUT2D eigenvalue weighted by molar-refractivity contribution is -0.141. The second-order valence-corrected chi connectivity index (χ2v) is 8.39. The lowest BCUT2D eigenvalue weighted by Gasteiger charge is -2.41. The van der Waals surface area contributed by atoms with E-state index in [0.717, 1.165) is 28.7 Å². The van der Waals surface area contributed by atoms with Crippen LogP contribution in [0.3, 0.4) is 0 Å². The van der Waals surface area contributed by atoms with Crippen molar-refractivity contribution in [2.24, 2.45) is 0 Å². The number of carboxylic acid groups (broad SMARTS) is 1. The van der Waals surface area contributed by atoms with Crippen LogP contribution >= 0.6 is 0 Å². The highest BCUT2D eigenvalue weighted by Gasteiger charge is 2.41. The van der Waals surface area contributed by atoms with Gasteiger partial charge in [-0.2, -0.15) is 0 Å². The van der Waals surface area contributed by atoms with Gasteiger partial charge in [0.25, 0.3) is 0 Å². The Balaban J connectivity index is 1.38. The van der Waals surface area contributed by atoms with E-state index in [0.29, 0.717) is 12.8 Å². The Hall–Kier alpha value is -3.35. The van der Waals surface area contributed by atoms with Gasteiger partial charge in [0, 0.05) is 12.3 Å². The summed E-state index contributed by atoms with van der Waals surface area (Å²) < 4.78 is 5.60. The first-order valence-electron chi connectivity index (χ1n) is 10.5. The number of carboxylic acids is 1. The van der Waals surface area contributed by atoms with Gasteiger partial charge in [0.05, 0.1) is 5.54 Å². The van der Waals surface area contributed by atoms with Crippen molar-refractivity contribution in [2.45, 2.75) is 50.1 Å².